The first-order valence-electron chi connectivity index (χ1n) is 7.92. The summed E-state index contributed by atoms with van der Waals surface area (Å²) in [6.45, 7) is 2.52. The molecule has 0 aliphatic rings. The van der Waals surface area contributed by atoms with Crippen LogP contribution < -0.4 is 10.6 Å². The van der Waals surface area contributed by atoms with Crippen LogP contribution >= 0.6 is 22.6 Å². The van der Waals surface area contributed by atoms with Crippen LogP contribution in [0.4, 0.5) is 10.5 Å². The zero-order valence-electron chi connectivity index (χ0n) is 13.8. The van der Waals surface area contributed by atoms with Crippen LogP contribution in [0.15, 0.2) is 59.2 Å². The average molecular weight is 447 g/mol. The number of benzene rings is 2. The lowest BCUT2D eigenvalue weighted by Crippen LogP contribution is -2.30. The summed E-state index contributed by atoms with van der Waals surface area (Å²) in [5.74, 6) is 0.596. The Kier molecular flexibility index (Phi) is 5.70. The van der Waals surface area contributed by atoms with Crippen LogP contribution in [-0.4, -0.2) is 17.6 Å². The van der Waals surface area contributed by atoms with E-state index in [1.807, 2.05) is 55.5 Å². The molecule has 1 aromatic heterocycles. The highest BCUT2D eigenvalue weighted by Gasteiger charge is 2.07. The number of anilines is 1. The van der Waals surface area contributed by atoms with Crippen molar-refractivity contribution in [1.29, 1.82) is 0 Å². The van der Waals surface area contributed by atoms with E-state index in [2.05, 4.69) is 38.2 Å². The van der Waals surface area contributed by atoms with E-state index in [-0.39, 0.29) is 6.03 Å². The van der Waals surface area contributed by atoms with Crippen LogP contribution in [0.25, 0.3) is 11.5 Å². The predicted octanol–water partition coefficient (Wildman–Crippen LogP) is 4.62. The highest BCUT2D eigenvalue weighted by molar-refractivity contribution is 14.1. The Bertz CT molecular complexity index is 842. The fourth-order valence-corrected chi connectivity index (χ4v) is 2.62. The molecule has 2 amide bonds. The molecule has 0 aliphatic carbocycles. The summed E-state index contributed by atoms with van der Waals surface area (Å²) < 4.78 is 6.64. The maximum atomic E-state index is 11.9. The third-order valence-electron chi connectivity index (χ3n) is 3.62. The Labute approximate surface area is 160 Å². The number of aryl methyl sites for hydroxylation is 1. The number of amides is 2. The third kappa shape index (κ3) is 5.06. The highest BCUT2D eigenvalue weighted by atomic mass is 127. The van der Waals surface area contributed by atoms with E-state index in [1.54, 1.807) is 6.26 Å². The zero-order chi connectivity index (χ0) is 17.6. The van der Waals surface area contributed by atoms with Crippen molar-refractivity contribution in [3.63, 3.8) is 0 Å². The summed E-state index contributed by atoms with van der Waals surface area (Å²) in [5.41, 5.74) is 3.71. The molecule has 2 N–H and O–H groups in total. The van der Waals surface area contributed by atoms with Gasteiger partial charge < -0.3 is 15.1 Å². The molecular formula is C19H18IN3O2. The fourth-order valence-electron chi connectivity index (χ4n) is 2.26. The summed E-state index contributed by atoms with van der Waals surface area (Å²) in [6.07, 6.45) is 2.24. The molecule has 1 heterocycles. The fraction of sp³-hybridized carbons (Fsp3) is 0.158. The highest BCUT2D eigenvalue weighted by Crippen LogP contribution is 2.19. The molecular weight excluding hydrogens is 429 g/mol. The number of halogens is 1. The van der Waals surface area contributed by atoms with Gasteiger partial charge in [0.05, 0.1) is 5.69 Å². The third-order valence-corrected chi connectivity index (χ3v) is 4.34. The van der Waals surface area contributed by atoms with E-state index >= 15 is 0 Å². The van der Waals surface area contributed by atoms with Crippen molar-refractivity contribution in [3.05, 3.63) is 69.6 Å². The molecule has 0 saturated heterocycles. The van der Waals surface area contributed by atoms with Crippen LogP contribution in [0.2, 0.25) is 0 Å². The van der Waals surface area contributed by atoms with Crippen molar-refractivity contribution in [3.8, 4) is 11.5 Å². The molecule has 6 heteroatoms. The van der Waals surface area contributed by atoms with Gasteiger partial charge in [-0.25, -0.2) is 9.78 Å². The number of rotatable bonds is 5. The number of nitrogens with one attached hydrogen (secondary N) is 2. The second kappa shape index (κ2) is 8.15. The van der Waals surface area contributed by atoms with Gasteiger partial charge >= 0.3 is 6.03 Å². The lowest BCUT2D eigenvalue weighted by atomic mass is 10.1. The number of carbonyl (C=O) groups excluding carboxylic acids is 1. The smallest absolute Gasteiger partial charge is 0.319 e. The quantitative estimate of drug-likeness (QED) is 0.561. The number of carbonyl (C=O) groups is 1. The zero-order valence-corrected chi connectivity index (χ0v) is 15.9. The van der Waals surface area contributed by atoms with E-state index in [9.17, 15) is 4.79 Å². The van der Waals surface area contributed by atoms with Gasteiger partial charge in [-0.3, -0.25) is 0 Å². The van der Waals surface area contributed by atoms with Gasteiger partial charge in [0.2, 0.25) is 5.89 Å². The molecule has 0 bridgehead atoms. The average Bonchev–Trinajstić information content (AvgIpc) is 3.06. The first-order valence-corrected chi connectivity index (χ1v) is 9.00. The molecule has 3 rings (SSSR count). The standard InChI is InChI=1S/C19H18IN3O2/c1-13-2-4-14(5-3-13)18-22-17(12-25-18)10-11-21-19(24)23-16-8-6-15(20)7-9-16/h2-9,12H,10-11H2,1H3,(H2,21,23,24). The van der Waals surface area contributed by atoms with E-state index in [4.69, 9.17) is 4.42 Å². The minimum Gasteiger partial charge on any atom is -0.444 e. The van der Waals surface area contributed by atoms with E-state index < -0.39 is 0 Å². The number of aromatic nitrogens is 1. The molecule has 5 nitrogen and oxygen atoms in total. The van der Waals surface area contributed by atoms with Crippen molar-refractivity contribution < 1.29 is 9.21 Å². The molecule has 0 atom stereocenters. The monoisotopic (exact) mass is 447 g/mol. The number of nitrogens with zero attached hydrogens (tertiary/aromatic N) is 1. The minimum atomic E-state index is -0.233. The topological polar surface area (TPSA) is 67.2 Å². The molecule has 0 saturated carbocycles. The van der Waals surface area contributed by atoms with Crippen molar-refractivity contribution in [2.24, 2.45) is 0 Å². The molecule has 0 unspecified atom stereocenters. The lowest BCUT2D eigenvalue weighted by molar-refractivity contribution is 0.252. The summed E-state index contributed by atoms with van der Waals surface area (Å²) in [6, 6.07) is 15.4. The van der Waals surface area contributed by atoms with Crippen molar-refractivity contribution in [2.45, 2.75) is 13.3 Å². The maximum Gasteiger partial charge on any atom is 0.319 e. The van der Waals surface area contributed by atoms with Gasteiger partial charge in [-0.2, -0.15) is 0 Å². The van der Waals surface area contributed by atoms with Crippen LogP contribution in [0.3, 0.4) is 0 Å². The lowest BCUT2D eigenvalue weighted by Gasteiger charge is -2.06. The molecule has 25 heavy (non-hydrogen) atoms. The van der Waals surface area contributed by atoms with Crippen molar-refractivity contribution in [1.82, 2.24) is 10.3 Å². The normalized spacial score (nSPS) is 10.5. The predicted molar refractivity (Wildman–Crippen MR) is 107 cm³/mol. The van der Waals surface area contributed by atoms with Gasteiger partial charge in [-0.1, -0.05) is 17.7 Å². The van der Waals surface area contributed by atoms with Crippen LogP contribution in [0.1, 0.15) is 11.3 Å². The van der Waals surface area contributed by atoms with Gasteiger partial charge in [0, 0.05) is 27.8 Å². The molecule has 0 fully saturated rings. The van der Waals surface area contributed by atoms with Crippen molar-refractivity contribution >= 4 is 34.3 Å². The van der Waals surface area contributed by atoms with Crippen molar-refractivity contribution in [2.75, 3.05) is 11.9 Å². The van der Waals surface area contributed by atoms with Gasteiger partial charge in [-0.05, 0) is 65.9 Å². The second-order valence-corrected chi connectivity index (χ2v) is 6.89. The molecule has 0 spiro atoms. The van der Waals surface area contributed by atoms with Crippen LogP contribution in [0, 0.1) is 10.5 Å². The summed E-state index contributed by atoms with van der Waals surface area (Å²) in [4.78, 5) is 16.3. The van der Waals surface area contributed by atoms with E-state index in [0.717, 1.165) is 20.5 Å². The number of hydrogen-bond acceptors (Lipinski definition) is 3. The van der Waals surface area contributed by atoms with Gasteiger partial charge in [0.25, 0.3) is 0 Å². The summed E-state index contributed by atoms with van der Waals surface area (Å²) in [7, 11) is 0. The minimum absolute atomic E-state index is 0.233. The largest absolute Gasteiger partial charge is 0.444 e. The number of oxazole rings is 1. The Balaban J connectivity index is 1.48. The van der Waals surface area contributed by atoms with Gasteiger partial charge in [0.15, 0.2) is 0 Å². The van der Waals surface area contributed by atoms with Gasteiger partial charge in [0.1, 0.15) is 6.26 Å². The first-order chi connectivity index (χ1) is 12.1. The first kappa shape index (κ1) is 17.5. The molecule has 2 aromatic carbocycles. The Hall–Kier alpha value is -2.35. The SMILES string of the molecule is Cc1ccc(-c2nc(CCNC(=O)Nc3ccc(I)cc3)co2)cc1. The number of urea groups is 1. The maximum absolute atomic E-state index is 11.9. The van der Waals surface area contributed by atoms with E-state index in [1.165, 1.54) is 5.56 Å². The molecule has 128 valence electrons. The molecule has 0 aliphatic heterocycles. The Morgan fingerprint density at radius 1 is 1.12 bits per heavy atom. The summed E-state index contributed by atoms with van der Waals surface area (Å²) >= 11 is 2.22. The van der Waals surface area contributed by atoms with Crippen LogP contribution in [0.5, 0.6) is 0 Å². The Morgan fingerprint density at radius 3 is 2.56 bits per heavy atom. The Morgan fingerprint density at radius 2 is 1.84 bits per heavy atom. The number of hydrogen-bond donors (Lipinski definition) is 2. The van der Waals surface area contributed by atoms with Gasteiger partial charge in [-0.15, -0.1) is 0 Å². The molecule has 0 radical (unpaired) electrons. The summed E-state index contributed by atoms with van der Waals surface area (Å²) in [5, 5.41) is 5.61. The van der Waals surface area contributed by atoms with E-state index in [0.29, 0.717) is 18.9 Å². The molecule has 3 aromatic rings. The second-order valence-electron chi connectivity index (χ2n) is 5.65. The van der Waals surface area contributed by atoms with Crippen LogP contribution in [-0.2, 0) is 6.42 Å².